The highest BCUT2D eigenvalue weighted by Gasteiger charge is 2.03. The van der Waals surface area contributed by atoms with Crippen LogP contribution in [0.5, 0.6) is 0 Å². The van der Waals surface area contributed by atoms with Crippen molar-refractivity contribution in [1.82, 2.24) is 4.98 Å². The minimum Gasteiger partial charge on any atom is -0.326 e. The Bertz CT molecular complexity index is 511. The van der Waals surface area contributed by atoms with Crippen LogP contribution in [0.3, 0.4) is 0 Å². The third kappa shape index (κ3) is 3.66. The van der Waals surface area contributed by atoms with E-state index in [-0.39, 0.29) is 11.7 Å². The van der Waals surface area contributed by atoms with Gasteiger partial charge in [0.2, 0.25) is 5.91 Å². The molecule has 1 amide bonds. The molecule has 4 heteroatoms. The third-order valence-corrected chi connectivity index (χ3v) is 2.52. The van der Waals surface area contributed by atoms with Gasteiger partial charge in [-0.25, -0.2) is 4.39 Å². The predicted octanol–water partition coefficient (Wildman–Crippen LogP) is 2.79. The first-order valence-electron chi connectivity index (χ1n) is 5.68. The van der Waals surface area contributed by atoms with Crippen molar-refractivity contribution >= 4 is 11.6 Å². The zero-order chi connectivity index (χ0) is 12.8. The highest BCUT2D eigenvalue weighted by atomic mass is 19.1. The van der Waals surface area contributed by atoms with Crippen molar-refractivity contribution in [2.45, 2.75) is 12.8 Å². The molecule has 1 heterocycles. The van der Waals surface area contributed by atoms with Crippen molar-refractivity contribution in [3.63, 3.8) is 0 Å². The van der Waals surface area contributed by atoms with Crippen LogP contribution in [0, 0.1) is 5.82 Å². The molecule has 3 nitrogen and oxygen atoms in total. The quantitative estimate of drug-likeness (QED) is 0.898. The van der Waals surface area contributed by atoms with Crippen molar-refractivity contribution < 1.29 is 9.18 Å². The standard InChI is InChI=1S/C14H13FN2O/c15-12-4-1-11(2-5-12)3-6-14(18)17-13-7-9-16-10-8-13/h1-2,4-5,7-10H,3,6H2,(H,16,17,18). The van der Waals surface area contributed by atoms with Crippen LogP contribution in [0.25, 0.3) is 0 Å². The first-order chi connectivity index (χ1) is 8.74. The number of aryl methyl sites for hydroxylation is 1. The summed E-state index contributed by atoms with van der Waals surface area (Å²) in [7, 11) is 0. The van der Waals surface area contributed by atoms with Gasteiger partial charge < -0.3 is 5.32 Å². The maximum Gasteiger partial charge on any atom is 0.224 e. The van der Waals surface area contributed by atoms with Crippen LogP contribution in [0.15, 0.2) is 48.8 Å². The molecule has 1 aromatic carbocycles. The number of hydrogen-bond acceptors (Lipinski definition) is 2. The maximum absolute atomic E-state index is 12.7. The van der Waals surface area contributed by atoms with Gasteiger partial charge in [0.25, 0.3) is 0 Å². The molecule has 0 radical (unpaired) electrons. The Labute approximate surface area is 105 Å². The molecule has 0 saturated carbocycles. The van der Waals surface area contributed by atoms with E-state index in [9.17, 15) is 9.18 Å². The fraction of sp³-hybridized carbons (Fsp3) is 0.143. The molecule has 0 aliphatic carbocycles. The Morgan fingerprint density at radius 2 is 1.78 bits per heavy atom. The van der Waals surface area contributed by atoms with Gasteiger partial charge in [0.05, 0.1) is 0 Å². The Kier molecular flexibility index (Phi) is 4.02. The van der Waals surface area contributed by atoms with Crippen molar-refractivity contribution in [1.29, 1.82) is 0 Å². The molecule has 0 saturated heterocycles. The topological polar surface area (TPSA) is 42.0 Å². The molecule has 1 aromatic heterocycles. The van der Waals surface area contributed by atoms with E-state index in [4.69, 9.17) is 0 Å². The molecule has 18 heavy (non-hydrogen) atoms. The molecule has 2 rings (SSSR count). The number of rotatable bonds is 4. The largest absolute Gasteiger partial charge is 0.326 e. The van der Waals surface area contributed by atoms with E-state index in [0.717, 1.165) is 11.3 Å². The average molecular weight is 244 g/mol. The maximum atomic E-state index is 12.7. The fourth-order valence-corrected chi connectivity index (χ4v) is 1.57. The lowest BCUT2D eigenvalue weighted by atomic mass is 10.1. The summed E-state index contributed by atoms with van der Waals surface area (Å²) < 4.78 is 12.7. The van der Waals surface area contributed by atoms with Crippen LogP contribution in [0.4, 0.5) is 10.1 Å². The molecule has 0 unspecified atom stereocenters. The first-order valence-corrected chi connectivity index (χ1v) is 5.68. The normalized spacial score (nSPS) is 10.1. The summed E-state index contributed by atoms with van der Waals surface area (Å²) in [6.07, 6.45) is 4.20. The van der Waals surface area contributed by atoms with Crippen LogP contribution in [0.2, 0.25) is 0 Å². The smallest absolute Gasteiger partial charge is 0.224 e. The summed E-state index contributed by atoms with van der Waals surface area (Å²) in [6.45, 7) is 0. The molecule has 92 valence electrons. The summed E-state index contributed by atoms with van der Waals surface area (Å²) >= 11 is 0. The second-order valence-corrected chi connectivity index (χ2v) is 3.91. The number of nitrogens with one attached hydrogen (secondary N) is 1. The van der Waals surface area contributed by atoms with Gasteiger partial charge in [0.1, 0.15) is 5.82 Å². The van der Waals surface area contributed by atoms with Gasteiger partial charge in [-0.15, -0.1) is 0 Å². The summed E-state index contributed by atoms with van der Waals surface area (Å²) in [5.41, 5.74) is 1.68. The van der Waals surface area contributed by atoms with Gasteiger partial charge in [-0.3, -0.25) is 9.78 Å². The molecular weight excluding hydrogens is 231 g/mol. The number of benzene rings is 1. The number of hydrogen-bond donors (Lipinski definition) is 1. The van der Waals surface area contributed by atoms with E-state index in [0.29, 0.717) is 12.8 Å². The molecule has 0 aliphatic heterocycles. The summed E-state index contributed by atoms with van der Waals surface area (Å²) in [6, 6.07) is 9.64. The lowest BCUT2D eigenvalue weighted by Gasteiger charge is -2.04. The van der Waals surface area contributed by atoms with Crippen LogP contribution in [0.1, 0.15) is 12.0 Å². The summed E-state index contributed by atoms with van der Waals surface area (Å²) in [4.78, 5) is 15.5. The van der Waals surface area contributed by atoms with E-state index in [2.05, 4.69) is 10.3 Å². The van der Waals surface area contributed by atoms with Gasteiger partial charge >= 0.3 is 0 Å². The van der Waals surface area contributed by atoms with Gasteiger partial charge in [-0.2, -0.15) is 0 Å². The number of carbonyl (C=O) groups is 1. The van der Waals surface area contributed by atoms with Crippen molar-refractivity contribution in [3.05, 3.63) is 60.2 Å². The summed E-state index contributed by atoms with van der Waals surface area (Å²) in [5, 5.41) is 2.77. The molecule has 2 aromatic rings. The van der Waals surface area contributed by atoms with E-state index >= 15 is 0 Å². The van der Waals surface area contributed by atoms with E-state index in [1.807, 2.05) is 0 Å². The Morgan fingerprint density at radius 3 is 2.44 bits per heavy atom. The van der Waals surface area contributed by atoms with Crippen LogP contribution >= 0.6 is 0 Å². The molecule has 0 bridgehead atoms. The number of nitrogens with zero attached hydrogens (tertiary/aromatic N) is 1. The molecule has 0 spiro atoms. The number of anilines is 1. The fourth-order valence-electron chi connectivity index (χ4n) is 1.57. The second kappa shape index (κ2) is 5.91. The third-order valence-electron chi connectivity index (χ3n) is 2.52. The van der Waals surface area contributed by atoms with Crippen LogP contribution in [-0.4, -0.2) is 10.9 Å². The van der Waals surface area contributed by atoms with Gasteiger partial charge in [-0.05, 0) is 36.2 Å². The Hall–Kier alpha value is -2.23. The van der Waals surface area contributed by atoms with E-state index in [1.54, 1.807) is 36.7 Å². The van der Waals surface area contributed by atoms with Crippen molar-refractivity contribution in [2.24, 2.45) is 0 Å². The number of amides is 1. The highest BCUT2D eigenvalue weighted by Crippen LogP contribution is 2.08. The SMILES string of the molecule is O=C(CCc1ccc(F)cc1)Nc1ccncc1. The second-order valence-electron chi connectivity index (χ2n) is 3.91. The number of halogens is 1. The molecule has 1 N–H and O–H groups in total. The minimum atomic E-state index is -0.264. The molecular formula is C14H13FN2O. The van der Waals surface area contributed by atoms with E-state index < -0.39 is 0 Å². The lowest BCUT2D eigenvalue weighted by Crippen LogP contribution is -2.12. The predicted molar refractivity (Wildman–Crippen MR) is 67.6 cm³/mol. The number of pyridine rings is 1. The van der Waals surface area contributed by atoms with Gasteiger partial charge in [0.15, 0.2) is 0 Å². The van der Waals surface area contributed by atoms with Crippen molar-refractivity contribution in [3.8, 4) is 0 Å². The van der Waals surface area contributed by atoms with E-state index in [1.165, 1.54) is 12.1 Å². The summed E-state index contributed by atoms with van der Waals surface area (Å²) in [5.74, 6) is -0.328. The van der Waals surface area contributed by atoms with Crippen LogP contribution < -0.4 is 5.32 Å². The lowest BCUT2D eigenvalue weighted by molar-refractivity contribution is -0.116. The van der Waals surface area contributed by atoms with Gasteiger partial charge in [-0.1, -0.05) is 12.1 Å². The molecule has 0 atom stereocenters. The highest BCUT2D eigenvalue weighted by molar-refractivity contribution is 5.90. The zero-order valence-electron chi connectivity index (χ0n) is 9.77. The minimum absolute atomic E-state index is 0.0643. The average Bonchev–Trinajstić information content (AvgIpc) is 2.39. The van der Waals surface area contributed by atoms with Crippen molar-refractivity contribution in [2.75, 3.05) is 5.32 Å². The molecule has 0 fully saturated rings. The monoisotopic (exact) mass is 244 g/mol. The first kappa shape index (κ1) is 12.2. The number of aromatic nitrogens is 1. The molecule has 0 aliphatic rings. The Balaban J connectivity index is 1.83. The van der Waals surface area contributed by atoms with Crippen LogP contribution in [-0.2, 0) is 11.2 Å². The Morgan fingerprint density at radius 1 is 1.11 bits per heavy atom. The zero-order valence-corrected chi connectivity index (χ0v) is 9.77. The number of carbonyl (C=O) groups excluding carboxylic acids is 1. The van der Waals surface area contributed by atoms with Gasteiger partial charge in [0, 0.05) is 24.5 Å².